The summed E-state index contributed by atoms with van der Waals surface area (Å²) in [5.41, 5.74) is 0. The summed E-state index contributed by atoms with van der Waals surface area (Å²) in [5, 5.41) is 0.899. The van der Waals surface area contributed by atoms with Gasteiger partial charge in [0, 0.05) is 10.1 Å². The first kappa shape index (κ1) is 11.6. The van der Waals surface area contributed by atoms with E-state index in [0.29, 0.717) is 0 Å². The van der Waals surface area contributed by atoms with Gasteiger partial charge in [-0.05, 0) is 36.8 Å². The summed E-state index contributed by atoms with van der Waals surface area (Å²) < 4.78 is 0. The summed E-state index contributed by atoms with van der Waals surface area (Å²) >= 11 is 2.15. The number of benzene rings is 1. The van der Waals surface area contributed by atoms with Gasteiger partial charge >= 0.3 is 0 Å². The summed E-state index contributed by atoms with van der Waals surface area (Å²) in [6.45, 7) is 0. The van der Waals surface area contributed by atoms with Gasteiger partial charge in [-0.3, -0.25) is 0 Å². The Labute approximate surface area is 109 Å². The molecule has 0 N–H and O–H groups in total. The van der Waals surface area contributed by atoms with Gasteiger partial charge in [-0.25, -0.2) is 0 Å². The molecule has 1 aromatic carbocycles. The predicted molar refractivity (Wildman–Crippen MR) is 75.4 cm³/mol. The van der Waals surface area contributed by atoms with E-state index < -0.39 is 0 Å². The molecule has 0 bridgehead atoms. The lowest BCUT2D eigenvalue weighted by atomic mass is 9.71. The highest BCUT2D eigenvalue weighted by atomic mass is 32.2. The van der Waals surface area contributed by atoms with Crippen molar-refractivity contribution >= 4 is 11.8 Å². The number of fused-ring (bicyclic) bond motifs is 1. The second-order valence-electron chi connectivity index (χ2n) is 5.61. The van der Waals surface area contributed by atoms with Crippen molar-refractivity contribution in [2.24, 2.45) is 11.8 Å². The molecule has 1 aromatic rings. The van der Waals surface area contributed by atoms with E-state index in [-0.39, 0.29) is 0 Å². The van der Waals surface area contributed by atoms with Crippen molar-refractivity contribution in [3.8, 4) is 0 Å². The SMILES string of the molecule is c1ccc(SC2CCCC3CCCCC32)cc1. The minimum atomic E-state index is 0.899. The Bertz CT molecular complexity index is 344. The molecule has 2 aliphatic carbocycles. The molecule has 2 aliphatic rings. The Morgan fingerprint density at radius 1 is 0.824 bits per heavy atom. The Morgan fingerprint density at radius 3 is 2.47 bits per heavy atom. The summed E-state index contributed by atoms with van der Waals surface area (Å²) in [6.07, 6.45) is 10.4. The quantitative estimate of drug-likeness (QED) is 0.696. The molecule has 2 saturated carbocycles. The second-order valence-corrected chi connectivity index (χ2v) is 6.92. The zero-order valence-electron chi connectivity index (χ0n) is 10.5. The monoisotopic (exact) mass is 246 g/mol. The van der Waals surface area contributed by atoms with Crippen molar-refractivity contribution in [3.05, 3.63) is 30.3 Å². The van der Waals surface area contributed by atoms with Crippen LogP contribution in [0.2, 0.25) is 0 Å². The topological polar surface area (TPSA) is 0 Å². The molecule has 3 atom stereocenters. The maximum Gasteiger partial charge on any atom is 0.0125 e. The summed E-state index contributed by atoms with van der Waals surface area (Å²) in [7, 11) is 0. The molecule has 3 rings (SSSR count). The highest BCUT2D eigenvalue weighted by Crippen LogP contribution is 2.46. The lowest BCUT2D eigenvalue weighted by molar-refractivity contribution is 0.178. The van der Waals surface area contributed by atoms with E-state index in [1.165, 1.54) is 49.8 Å². The first-order valence-electron chi connectivity index (χ1n) is 7.15. The Balaban J connectivity index is 1.69. The average Bonchev–Trinajstić information content (AvgIpc) is 2.40. The van der Waals surface area contributed by atoms with Crippen LogP contribution >= 0.6 is 11.8 Å². The molecule has 3 unspecified atom stereocenters. The smallest absolute Gasteiger partial charge is 0.0125 e. The minimum Gasteiger partial charge on any atom is -0.122 e. The van der Waals surface area contributed by atoms with Crippen LogP contribution in [0.1, 0.15) is 44.9 Å². The largest absolute Gasteiger partial charge is 0.122 e. The summed E-state index contributed by atoms with van der Waals surface area (Å²) in [6, 6.07) is 11.0. The first-order chi connectivity index (χ1) is 8.43. The molecule has 0 aromatic heterocycles. The summed E-state index contributed by atoms with van der Waals surface area (Å²) in [5.74, 6) is 2.07. The Hall–Kier alpha value is -0.430. The van der Waals surface area contributed by atoms with Crippen LogP contribution in [0.4, 0.5) is 0 Å². The third-order valence-corrected chi connectivity index (χ3v) is 5.97. The van der Waals surface area contributed by atoms with Gasteiger partial charge in [-0.15, -0.1) is 11.8 Å². The van der Waals surface area contributed by atoms with Crippen molar-refractivity contribution in [2.75, 3.05) is 0 Å². The maximum atomic E-state index is 2.27. The highest BCUT2D eigenvalue weighted by molar-refractivity contribution is 8.00. The Morgan fingerprint density at radius 2 is 1.59 bits per heavy atom. The molecule has 2 fully saturated rings. The van der Waals surface area contributed by atoms with E-state index in [1.54, 1.807) is 0 Å². The fourth-order valence-electron chi connectivity index (χ4n) is 3.70. The average molecular weight is 246 g/mol. The van der Waals surface area contributed by atoms with Gasteiger partial charge < -0.3 is 0 Å². The van der Waals surface area contributed by atoms with Crippen molar-refractivity contribution in [2.45, 2.75) is 55.1 Å². The van der Waals surface area contributed by atoms with E-state index >= 15 is 0 Å². The number of hydrogen-bond donors (Lipinski definition) is 0. The van der Waals surface area contributed by atoms with Crippen LogP contribution in [-0.4, -0.2) is 5.25 Å². The van der Waals surface area contributed by atoms with Gasteiger partial charge in [0.1, 0.15) is 0 Å². The lowest BCUT2D eigenvalue weighted by Gasteiger charge is -2.41. The fraction of sp³-hybridized carbons (Fsp3) is 0.625. The molecule has 0 spiro atoms. The second kappa shape index (κ2) is 5.48. The van der Waals surface area contributed by atoms with E-state index in [0.717, 1.165) is 17.1 Å². The van der Waals surface area contributed by atoms with Crippen LogP contribution in [0.25, 0.3) is 0 Å². The zero-order chi connectivity index (χ0) is 11.5. The fourth-order valence-corrected chi connectivity index (χ4v) is 5.18. The zero-order valence-corrected chi connectivity index (χ0v) is 11.3. The summed E-state index contributed by atoms with van der Waals surface area (Å²) in [4.78, 5) is 1.48. The molecular formula is C16H22S. The van der Waals surface area contributed by atoms with Crippen LogP contribution < -0.4 is 0 Å². The molecule has 92 valence electrons. The van der Waals surface area contributed by atoms with Crippen molar-refractivity contribution in [3.63, 3.8) is 0 Å². The number of rotatable bonds is 2. The van der Waals surface area contributed by atoms with E-state index in [4.69, 9.17) is 0 Å². The van der Waals surface area contributed by atoms with Gasteiger partial charge in [0.15, 0.2) is 0 Å². The molecule has 0 nitrogen and oxygen atoms in total. The van der Waals surface area contributed by atoms with Gasteiger partial charge in [-0.1, -0.05) is 50.3 Å². The van der Waals surface area contributed by atoms with Gasteiger partial charge in [0.05, 0.1) is 0 Å². The van der Waals surface area contributed by atoms with Gasteiger partial charge in [0.2, 0.25) is 0 Å². The Kier molecular flexibility index (Phi) is 3.75. The highest BCUT2D eigenvalue weighted by Gasteiger charge is 2.35. The van der Waals surface area contributed by atoms with Crippen molar-refractivity contribution < 1.29 is 0 Å². The van der Waals surface area contributed by atoms with Crippen molar-refractivity contribution in [1.82, 2.24) is 0 Å². The normalized spacial score (nSPS) is 33.1. The molecule has 0 heterocycles. The third kappa shape index (κ3) is 2.70. The first-order valence-corrected chi connectivity index (χ1v) is 8.03. The number of thioether (sulfide) groups is 1. The van der Waals surface area contributed by atoms with E-state index in [1.807, 2.05) is 0 Å². The predicted octanol–water partition coefficient (Wildman–Crippen LogP) is 5.14. The van der Waals surface area contributed by atoms with Crippen LogP contribution in [-0.2, 0) is 0 Å². The molecule has 0 aliphatic heterocycles. The van der Waals surface area contributed by atoms with E-state index in [9.17, 15) is 0 Å². The molecule has 1 heteroatoms. The molecule has 0 amide bonds. The standard InChI is InChI=1S/C16H22S/c1-2-9-14(10-3-1)17-16-12-6-8-13-7-4-5-11-15(13)16/h1-3,9-10,13,15-16H,4-8,11-12H2. The van der Waals surface area contributed by atoms with Crippen LogP contribution in [0.15, 0.2) is 35.2 Å². The molecule has 17 heavy (non-hydrogen) atoms. The van der Waals surface area contributed by atoms with Crippen LogP contribution in [0, 0.1) is 11.8 Å². The van der Waals surface area contributed by atoms with Crippen molar-refractivity contribution in [1.29, 1.82) is 0 Å². The van der Waals surface area contributed by atoms with Gasteiger partial charge in [0.25, 0.3) is 0 Å². The van der Waals surface area contributed by atoms with E-state index in [2.05, 4.69) is 42.1 Å². The molecule has 0 radical (unpaired) electrons. The van der Waals surface area contributed by atoms with Crippen LogP contribution in [0.3, 0.4) is 0 Å². The third-order valence-electron chi connectivity index (χ3n) is 4.54. The molecular weight excluding hydrogens is 224 g/mol. The molecule has 0 saturated heterocycles. The maximum absolute atomic E-state index is 2.27. The van der Waals surface area contributed by atoms with Gasteiger partial charge in [-0.2, -0.15) is 0 Å². The lowest BCUT2D eigenvalue weighted by Crippen LogP contribution is -2.32. The number of hydrogen-bond acceptors (Lipinski definition) is 1. The van der Waals surface area contributed by atoms with Crippen LogP contribution in [0.5, 0.6) is 0 Å². The minimum absolute atomic E-state index is 0.899.